The van der Waals surface area contributed by atoms with Crippen molar-refractivity contribution in [3.05, 3.63) is 42.5 Å². The molecule has 10 heteroatoms. The van der Waals surface area contributed by atoms with Crippen molar-refractivity contribution in [2.75, 3.05) is 51.0 Å². The Morgan fingerprint density at radius 3 is 2.44 bits per heavy atom. The number of hydrogen-bond acceptors (Lipinski definition) is 9. The average Bonchev–Trinajstić information content (AvgIpc) is 3.34. The van der Waals surface area contributed by atoms with Gasteiger partial charge in [-0.05, 0) is 42.8 Å². The molecule has 0 bridgehead atoms. The summed E-state index contributed by atoms with van der Waals surface area (Å²) in [5.41, 5.74) is 0.655. The van der Waals surface area contributed by atoms with Crippen LogP contribution < -0.4 is 19.1 Å². The van der Waals surface area contributed by atoms with E-state index in [1.807, 2.05) is 24.0 Å². The van der Waals surface area contributed by atoms with Gasteiger partial charge in [-0.2, -0.15) is 4.98 Å². The van der Waals surface area contributed by atoms with Crippen LogP contribution in [-0.4, -0.2) is 59.5 Å². The van der Waals surface area contributed by atoms with Gasteiger partial charge in [0, 0.05) is 24.7 Å². The molecule has 34 heavy (non-hydrogen) atoms. The van der Waals surface area contributed by atoms with E-state index in [9.17, 15) is 8.42 Å². The zero-order valence-electron chi connectivity index (χ0n) is 18.9. The van der Waals surface area contributed by atoms with Crippen LogP contribution in [0.5, 0.6) is 17.2 Å². The van der Waals surface area contributed by atoms with Crippen LogP contribution in [0.3, 0.4) is 0 Å². The maximum Gasteiger partial charge on any atom is 0.236 e. The van der Waals surface area contributed by atoms with Gasteiger partial charge in [-0.1, -0.05) is 6.92 Å². The predicted octanol–water partition coefficient (Wildman–Crippen LogP) is 3.57. The summed E-state index contributed by atoms with van der Waals surface area (Å²) in [6, 6.07) is 11.8. The van der Waals surface area contributed by atoms with Crippen LogP contribution in [0.4, 0.5) is 5.88 Å². The summed E-state index contributed by atoms with van der Waals surface area (Å²) in [7, 11) is -4.01. The number of benzene rings is 2. The molecule has 3 heterocycles. The van der Waals surface area contributed by atoms with Crippen molar-refractivity contribution in [1.82, 2.24) is 4.98 Å². The maximum absolute atomic E-state index is 13.7. The van der Waals surface area contributed by atoms with E-state index in [2.05, 4.69) is 4.98 Å². The highest BCUT2D eigenvalue weighted by Gasteiger charge is 2.33. The number of nitrogens with zero attached hydrogens (tertiary/aromatic N) is 2. The zero-order chi connectivity index (χ0) is 23.5. The molecular weight excluding hydrogens is 460 g/mol. The van der Waals surface area contributed by atoms with Gasteiger partial charge in [0.1, 0.15) is 19.0 Å². The lowest BCUT2D eigenvalue weighted by Gasteiger charge is -2.26. The third-order valence-electron chi connectivity index (χ3n) is 5.53. The summed E-state index contributed by atoms with van der Waals surface area (Å²) in [6.07, 6.45) is 0.908. The summed E-state index contributed by atoms with van der Waals surface area (Å²) in [4.78, 5) is 6.37. The lowest BCUT2D eigenvalue weighted by atomic mass is 10.2. The van der Waals surface area contributed by atoms with Crippen LogP contribution >= 0.6 is 0 Å². The summed E-state index contributed by atoms with van der Waals surface area (Å²) in [6.45, 7) is 5.41. The van der Waals surface area contributed by atoms with E-state index in [1.165, 1.54) is 12.1 Å². The number of anilines is 1. The quantitative estimate of drug-likeness (QED) is 0.496. The molecule has 0 N–H and O–H groups in total. The van der Waals surface area contributed by atoms with Crippen molar-refractivity contribution in [1.29, 1.82) is 0 Å². The molecule has 1 aromatic heterocycles. The normalized spacial score (nSPS) is 15.9. The Kier molecular flexibility index (Phi) is 6.34. The zero-order valence-corrected chi connectivity index (χ0v) is 19.7. The highest BCUT2D eigenvalue weighted by atomic mass is 32.2. The minimum Gasteiger partial charge on any atom is -0.494 e. The van der Waals surface area contributed by atoms with E-state index in [4.69, 9.17) is 23.4 Å². The van der Waals surface area contributed by atoms with Crippen LogP contribution in [0.15, 0.2) is 56.8 Å². The van der Waals surface area contributed by atoms with E-state index in [1.54, 1.807) is 18.2 Å². The van der Waals surface area contributed by atoms with Crippen LogP contribution in [0.1, 0.15) is 13.3 Å². The number of fused-ring (bicyclic) bond motifs is 1. The average molecular weight is 487 g/mol. The first kappa shape index (κ1) is 22.5. The molecule has 5 rings (SSSR count). The van der Waals surface area contributed by atoms with Gasteiger partial charge < -0.3 is 28.3 Å². The molecule has 3 aromatic rings. The van der Waals surface area contributed by atoms with Gasteiger partial charge in [0.25, 0.3) is 0 Å². The van der Waals surface area contributed by atoms with Gasteiger partial charge in [-0.15, -0.1) is 0 Å². The predicted molar refractivity (Wildman–Crippen MR) is 124 cm³/mol. The Morgan fingerprint density at radius 1 is 0.971 bits per heavy atom. The second-order valence-corrected chi connectivity index (χ2v) is 9.78. The van der Waals surface area contributed by atoms with Crippen LogP contribution in [0.25, 0.3) is 11.5 Å². The fourth-order valence-electron chi connectivity index (χ4n) is 3.78. The van der Waals surface area contributed by atoms with Gasteiger partial charge >= 0.3 is 0 Å². The van der Waals surface area contributed by atoms with E-state index in [0.717, 1.165) is 12.2 Å². The molecule has 0 aliphatic carbocycles. The van der Waals surface area contributed by atoms with Crippen molar-refractivity contribution in [3.63, 3.8) is 0 Å². The smallest absolute Gasteiger partial charge is 0.236 e. The first-order valence-corrected chi connectivity index (χ1v) is 12.8. The monoisotopic (exact) mass is 486 g/mol. The maximum atomic E-state index is 13.7. The molecule has 0 saturated carbocycles. The van der Waals surface area contributed by atoms with Crippen LogP contribution in [-0.2, 0) is 14.6 Å². The van der Waals surface area contributed by atoms with Crippen molar-refractivity contribution in [3.8, 4) is 28.7 Å². The summed E-state index contributed by atoms with van der Waals surface area (Å²) >= 11 is 0. The number of rotatable bonds is 7. The molecule has 0 unspecified atom stereocenters. The lowest BCUT2D eigenvalue weighted by molar-refractivity contribution is 0.120. The number of aromatic nitrogens is 1. The van der Waals surface area contributed by atoms with Gasteiger partial charge in [-0.25, -0.2) is 8.42 Å². The minimum atomic E-state index is -4.01. The standard InChI is InChI=1S/C24H26N2O7S/c1-2-11-30-18-5-3-17(4-6-18)22-25-23(24(33-22)26-9-12-29-13-10-26)34(27,28)19-7-8-20-21(16-19)32-15-14-31-20/h3-8,16H,2,9-15H2,1H3. The second kappa shape index (κ2) is 9.55. The van der Waals surface area contributed by atoms with Gasteiger partial charge in [-0.3, -0.25) is 0 Å². The number of hydrogen-bond donors (Lipinski definition) is 0. The molecule has 9 nitrogen and oxygen atoms in total. The highest BCUT2D eigenvalue weighted by molar-refractivity contribution is 7.91. The van der Waals surface area contributed by atoms with Gasteiger partial charge in [0.15, 0.2) is 11.5 Å². The fraction of sp³-hybridized carbons (Fsp3) is 0.375. The number of oxazole rings is 1. The van der Waals surface area contributed by atoms with Crippen molar-refractivity contribution in [2.24, 2.45) is 0 Å². The number of ether oxygens (including phenoxy) is 4. The highest BCUT2D eigenvalue weighted by Crippen LogP contribution is 2.38. The van der Waals surface area contributed by atoms with Crippen molar-refractivity contribution < 1.29 is 31.8 Å². The van der Waals surface area contributed by atoms with Gasteiger partial charge in [0.05, 0.1) is 24.7 Å². The molecule has 0 atom stereocenters. The molecule has 2 aromatic carbocycles. The van der Waals surface area contributed by atoms with Crippen molar-refractivity contribution in [2.45, 2.75) is 23.3 Å². The van der Waals surface area contributed by atoms with E-state index in [0.29, 0.717) is 63.2 Å². The first-order chi connectivity index (χ1) is 16.6. The number of sulfone groups is 1. The van der Waals surface area contributed by atoms with E-state index in [-0.39, 0.29) is 21.7 Å². The Hall–Kier alpha value is -3.24. The topological polar surface area (TPSA) is 100 Å². The molecule has 0 radical (unpaired) electrons. The Balaban J connectivity index is 1.54. The molecule has 2 aliphatic heterocycles. The fourth-order valence-corrected chi connectivity index (χ4v) is 5.12. The van der Waals surface area contributed by atoms with Crippen molar-refractivity contribution >= 4 is 15.7 Å². The van der Waals surface area contributed by atoms with Crippen LogP contribution in [0, 0.1) is 0 Å². The number of morpholine rings is 1. The Bertz CT molecular complexity index is 1250. The lowest BCUT2D eigenvalue weighted by Crippen LogP contribution is -2.36. The third-order valence-corrected chi connectivity index (χ3v) is 7.18. The summed E-state index contributed by atoms with van der Waals surface area (Å²) in [5, 5.41) is -0.132. The Morgan fingerprint density at radius 2 is 1.71 bits per heavy atom. The molecule has 1 saturated heterocycles. The summed E-state index contributed by atoms with van der Waals surface area (Å²) in [5.74, 6) is 2.07. The molecule has 0 spiro atoms. The molecular formula is C24H26N2O7S. The first-order valence-electron chi connectivity index (χ1n) is 11.3. The van der Waals surface area contributed by atoms with Gasteiger partial charge in [0.2, 0.25) is 26.6 Å². The van der Waals surface area contributed by atoms with Crippen LogP contribution in [0.2, 0.25) is 0 Å². The summed E-state index contributed by atoms with van der Waals surface area (Å²) < 4.78 is 55.6. The Labute approximate surface area is 198 Å². The molecule has 1 fully saturated rings. The third kappa shape index (κ3) is 4.43. The molecule has 2 aliphatic rings. The SMILES string of the molecule is CCCOc1ccc(-c2nc(S(=O)(=O)c3ccc4c(c3)OCCO4)c(N3CCOCC3)o2)cc1. The molecule has 0 amide bonds. The second-order valence-electron chi connectivity index (χ2n) is 7.91. The van der Waals surface area contributed by atoms with E-state index < -0.39 is 9.84 Å². The minimum absolute atomic E-state index is 0.0643. The van der Waals surface area contributed by atoms with E-state index >= 15 is 0 Å². The largest absolute Gasteiger partial charge is 0.494 e. The molecule has 180 valence electrons.